The van der Waals surface area contributed by atoms with Gasteiger partial charge in [-0.25, -0.2) is 0 Å². The van der Waals surface area contributed by atoms with Crippen LogP contribution in [-0.2, 0) is 0 Å². The largest absolute Gasteiger partial charge is 0.459 e. The molecule has 5 nitrogen and oxygen atoms in total. The minimum Gasteiger partial charge on any atom is -0.459 e. The standard InChI is InChI=1S/C13H21N3O2/c14-5-2-6-15-7-3-8-16(10-9-15)13(17)12-4-1-11-18-12/h1,4,11H,2-3,5-10,14H2. The van der Waals surface area contributed by atoms with Crippen molar-refractivity contribution in [2.24, 2.45) is 5.73 Å². The number of amides is 1. The number of rotatable bonds is 4. The third-order valence-electron chi connectivity index (χ3n) is 3.29. The zero-order valence-corrected chi connectivity index (χ0v) is 10.7. The Morgan fingerprint density at radius 1 is 1.33 bits per heavy atom. The molecule has 0 saturated carbocycles. The van der Waals surface area contributed by atoms with E-state index in [4.69, 9.17) is 10.2 Å². The summed E-state index contributed by atoms with van der Waals surface area (Å²) in [6.07, 6.45) is 3.57. The summed E-state index contributed by atoms with van der Waals surface area (Å²) in [5.74, 6) is 0.436. The van der Waals surface area contributed by atoms with Gasteiger partial charge in [0.1, 0.15) is 0 Å². The molecule has 0 spiro atoms. The monoisotopic (exact) mass is 251 g/mol. The number of hydrogen-bond acceptors (Lipinski definition) is 4. The van der Waals surface area contributed by atoms with Crippen LogP contribution < -0.4 is 5.73 Å². The van der Waals surface area contributed by atoms with E-state index in [0.717, 1.165) is 52.1 Å². The van der Waals surface area contributed by atoms with E-state index in [-0.39, 0.29) is 5.91 Å². The summed E-state index contributed by atoms with van der Waals surface area (Å²) in [5, 5.41) is 0. The van der Waals surface area contributed by atoms with Crippen LogP contribution >= 0.6 is 0 Å². The van der Waals surface area contributed by atoms with Gasteiger partial charge in [-0.1, -0.05) is 0 Å². The number of carbonyl (C=O) groups excluding carboxylic acids is 1. The Morgan fingerprint density at radius 2 is 2.22 bits per heavy atom. The van der Waals surface area contributed by atoms with Gasteiger partial charge in [0, 0.05) is 19.6 Å². The van der Waals surface area contributed by atoms with Crippen molar-refractivity contribution in [3.63, 3.8) is 0 Å². The van der Waals surface area contributed by atoms with Gasteiger partial charge in [0.2, 0.25) is 0 Å². The summed E-state index contributed by atoms with van der Waals surface area (Å²) >= 11 is 0. The Hall–Kier alpha value is -1.33. The molecule has 0 bridgehead atoms. The number of furan rings is 1. The molecule has 2 rings (SSSR count). The van der Waals surface area contributed by atoms with Crippen LogP contribution in [0, 0.1) is 0 Å². The number of nitrogens with two attached hydrogens (primary N) is 1. The number of nitrogens with zero attached hydrogens (tertiary/aromatic N) is 2. The van der Waals surface area contributed by atoms with Crippen LogP contribution in [0.5, 0.6) is 0 Å². The Bertz CT molecular complexity index is 364. The molecular weight excluding hydrogens is 230 g/mol. The van der Waals surface area contributed by atoms with E-state index in [0.29, 0.717) is 5.76 Å². The minimum absolute atomic E-state index is 0.000625. The minimum atomic E-state index is 0.000625. The predicted molar refractivity (Wildman–Crippen MR) is 69.3 cm³/mol. The Balaban J connectivity index is 1.87. The normalized spacial score (nSPS) is 17.7. The molecule has 2 heterocycles. The zero-order valence-electron chi connectivity index (χ0n) is 10.7. The van der Waals surface area contributed by atoms with E-state index < -0.39 is 0 Å². The molecule has 2 N–H and O–H groups in total. The highest BCUT2D eigenvalue weighted by Gasteiger charge is 2.21. The van der Waals surface area contributed by atoms with E-state index in [1.54, 1.807) is 18.4 Å². The van der Waals surface area contributed by atoms with Gasteiger partial charge in [0.15, 0.2) is 5.76 Å². The van der Waals surface area contributed by atoms with Crippen LogP contribution in [0.4, 0.5) is 0 Å². The average molecular weight is 251 g/mol. The molecule has 0 aromatic carbocycles. The van der Waals surface area contributed by atoms with Crippen LogP contribution in [-0.4, -0.2) is 55.0 Å². The van der Waals surface area contributed by atoms with Crippen LogP contribution in [0.3, 0.4) is 0 Å². The fourth-order valence-electron chi connectivity index (χ4n) is 2.27. The third kappa shape index (κ3) is 3.34. The molecule has 1 aromatic heterocycles. The summed E-state index contributed by atoms with van der Waals surface area (Å²) in [7, 11) is 0. The van der Waals surface area contributed by atoms with Gasteiger partial charge in [0.25, 0.3) is 5.91 Å². The van der Waals surface area contributed by atoms with Gasteiger partial charge in [-0.05, 0) is 44.6 Å². The lowest BCUT2D eigenvalue weighted by molar-refractivity contribution is 0.0729. The molecule has 18 heavy (non-hydrogen) atoms. The maximum atomic E-state index is 12.1. The van der Waals surface area contributed by atoms with E-state index in [2.05, 4.69) is 4.90 Å². The smallest absolute Gasteiger partial charge is 0.289 e. The predicted octanol–water partition coefficient (Wildman–Crippen LogP) is 0.776. The molecule has 0 unspecified atom stereocenters. The third-order valence-corrected chi connectivity index (χ3v) is 3.29. The molecule has 1 aliphatic rings. The lowest BCUT2D eigenvalue weighted by atomic mass is 10.3. The van der Waals surface area contributed by atoms with Crippen molar-refractivity contribution < 1.29 is 9.21 Å². The quantitative estimate of drug-likeness (QED) is 0.859. The molecule has 1 amide bonds. The lowest BCUT2D eigenvalue weighted by Gasteiger charge is -2.21. The molecule has 1 aliphatic heterocycles. The summed E-state index contributed by atoms with van der Waals surface area (Å²) in [4.78, 5) is 16.4. The average Bonchev–Trinajstić information content (AvgIpc) is 2.82. The molecule has 1 saturated heterocycles. The van der Waals surface area contributed by atoms with Gasteiger partial charge in [-0.2, -0.15) is 0 Å². The highest BCUT2D eigenvalue weighted by molar-refractivity contribution is 5.91. The molecule has 0 atom stereocenters. The fraction of sp³-hybridized carbons (Fsp3) is 0.615. The van der Waals surface area contributed by atoms with Gasteiger partial charge in [0.05, 0.1) is 6.26 Å². The van der Waals surface area contributed by atoms with Crippen molar-refractivity contribution in [2.45, 2.75) is 12.8 Å². The van der Waals surface area contributed by atoms with Crippen LogP contribution in [0.2, 0.25) is 0 Å². The Kier molecular flexibility index (Phi) is 4.78. The van der Waals surface area contributed by atoms with Crippen LogP contribution in [0.1, 0.15) is 23.4 Å². The van der Waals surface area contributed by atoms with Gasteiger partial charge in [-0.3, -0.25) is 4.79 Å². The molecule has 5 heteroatoms. The summed E-state index contributed by atoms with van der Waals surface area (Å²) in [6.45, 7) is 5.29. The first kappa shape index (κ1) is 13.1. The summed E-state index contributed by atoms with van der Waals surface area (Å²) in [5.41, 5.74) is 5.52. The second-order valence-corrected chi connectivity index (χ2v) is 4.61. The molecule has 100 valence electrons. The van der Waals surface area contributed by atoms with Crippen LogP contribution in [0.25, 0.3) is 0 Å². The highest BCUT2D eigenvalue weighted by Crippen LogP contribution is 2.09. The first-order valence-electron chi connectivity index (χ1n) is 6.56. The molecular formula is C13H21N3O2. The van der Waals surface area contributed by atoms with E-state index in [9.17, 15) is 4.79 Å². The highest BCUT2D eigenvalue weighted by atomic mass is 16.3. The Morgan fingerprint density at radius 3 is 2.94 bits per heavy atom. The van der Waals surface area contributed by atoms with Crippen molar-refractivity contribution in [3.05, 3.63) is 24.2 Å². The first-order valence-corrected chi connectivity index (χ1v) is 6.56. The van der Waals surface area contributed by atoms with E-state index in [1.165, 1.54) is 0 Å². The second-order valence-electron chi connectivity index (χ2n) is 4.61. The molecule has 0 radical (unpaired) electrons. The Labute approximate surface area is 108 Å². The first-order chi connectivity index (χ1) is 8.81. The van der Waals surface area contributed by atoms with Crippen molar-refractivity contribution in [1.29, 1.82) is 0 Å². The summed E-state index contributed by atoms with van der Waals surface area (Å²) in [6, 6.07) is 3.47. The second kappa shape index (κ2) is 6.56. The zero-order chi connectivity index (χ0) is 12.8. The summed E-state index contributed by atoms with van der Waals surface area (Å²) < 4.78 is 5.16. The van der Waals surface area contributed by atoms with E-state index >= 15 is 0 Å². The molecule has 0 aliphatic carbocycles. The topological polar surface area (TPSA) is 62.7 Å². The molecule has 1 aromatic rings. The van der Waals surface area contributed by atoms with Crippen LogP contribution in [0.15, 0.2) is 22.8 Å². The maximum absolute atomic E-state index is 12.1. The van der Waals surface area contributed by atoms with Crippen molar-refractivity contribution in [1.82, 2.24) is 9.80 Å². The van der Waals surface area contributed by atoms with E-state index in [1.807, 2.05) is 4.90 Å². The SMILES string of the molecule is NCCCN1CCCN(C(=O)c2ccco2)CC1. The fourth-order valence-corrected chi connectivity index (χ4v) is 2.27. The van der Waals surface area contributed by atoms with Crippen molar-refractivity contribution in [3.8, 4) is 0 Å². The lowest BCUT2D eigenvalue weighted by Crippen LogP contribution is -2.35. The number of hydrogen-bond donors (Lipinski definition) is 1. The van der Waals surface area contributed by atoms with Crippen molar-refractivity contribution in [2.75, 3.05) is 39.3 Å². The molecule has 1 fully saturated rings. The number of carbonyl (C=O) groups is 1. The maximum Gasteiger partial charge on any atom is 0.289 e. The van der Waals surface area contributed by atoms with Crippen molar-refractivity contribution >= 4 is 5.91 Å². The van der Waals surface area contributed by atoms with Gasteiger partial charge >= 0.3 is 0 Å². The van der Waals surface area contributed by atoms with Gasteiger partial charge in [-0.15, -0.1) is 0 Å². The van der Waals surface area contributed by atoms with Gasteiger partial charge < -0.3 is 20.0 Å².